The van der Waals surface area contributed by atoms with Crippen molar-refractivity contribution in [3.63, 3.8) is 0 Å². The smallest absolute Gasteiger partial charge is 0.293 e. The number of carbonyl (C=O) groups is 1. The Hall–Kier alpha value is -1.40. The van der Waals surface area contributed by atoms with E-state index in [2.05, 4.69) is 5.32 Å². The summed E-state index contributed by atoms with van der Waals surface area (Å²) in [5.74, 6) is -0.0582. The number of rotatable bonds is 1. The molecule has 0 aromatic carbocycles. The van der Waals surface area contributed by atoms with Crippen LogP contribution in [0.1, 0.15) is 10.6 Å². The Labute approximate surface area is 98.4 Å². The van der Waals surface area contributed by atoms with E-state index in [1.165, 1.54) is 6.26 Å². The molecule has 1 aromatic rings. The Morgan fingerprint density at radius 1 is 1.44 bits per heavy atom. The maximum atomic E-state index is 11.6. The molecule has 1 aliphatic rings. The van der Waals surface area contributed by atoms with E-state index in [9.17, 15) is 4.79 Å². The van der Waals surface area contributed by atoms with Crippen LogP contribution in [0.15, 0.2) is 22.8 Å². The number of morpholine rings is 1. The van der Waals surface area contributed by atoms with E-state index in [0.717, 1.165) is 0 Å². The predicted molar refractivity (Wildman–Crippen MR) is 61.2 cm³/mol. The van der Waals surface area contributed by atoms with Crippen molar-refractivity contribution >= 4 is 23.2 Å². The normalized spacial score (nSPS) is 15.9. The van der Waals surface area contributed by atoms with E-state index in [1.54, 1.807) is 12.1 Å². The maximum absolute atomic E-state index is 11.6. The van der Waals surface area contributed by atoms with Crippen LogP contribution in [-0.2, 0) is 4.74 Å². The number of nitrogens with zero attached hydrogens (tertiary/aromatic N) is 1. The molecule has 5 nitrogen and oxygen atoms in total. The summed E-state index contributed by atoms with van der Waals surface area (Å²) in [6.07, 6.45) is 1.45. The average molecular weight is 240 g/mol. The second-order valence-corrected chi connectivity index (χ2v) is 3.72. The molecule has 16 heavy (non-hydrogen) atoms. The van der Waals surface area contributed by atoms with E-state index >= 15 is 0 Å². The number of thiocarbonyl (C=S) groups is 1. The molecule has 0 radical (unpaired) electrons. The van der Waals surface area contributed by atoms with Gasteiger partial charge >= 0.3 is 0 Å². The van der Waals surface area contributed by atoms with Crippen LogP contribution >= 0.6 is 12.2 Å². The molecule has 1 saturated heterocycles. The number of furan rings is 1. The molecule has 86 valence electrons. The molecule has 1 aliphatic heterocycles. The molecule has 1 amide bonds. The highest BCUT2D eigenvalue weighted by atomic mass is 32.1. The lowest BCUT2D eigenvalue weighted by Gasteiger charge is -2.28. The van der Waals surface area contributed by atoms with Crippen LogP contribution in [0.4, 0.5) is 0 Å². The standard InChI is InChI=1S/C10H12N2O3S/c13-9(8-2-1-5-15-8)11-10(16)12-3-6-14-7-4-12/h1-2,5H,3-4,6-7H2,(H,11,13,16). The first-order valence-electron chi connectivity index (χ1n) is 4.99. The van der Waals surface area contributed by atoms with Gasteiger partial charge in [0, 0.05) is 13.1 Å². The van der Waals surface area contributed by atoms with Crippen LogP contribution in [0.3, 0.4) is 0 Å². The zero-order valence-corrected chi connectivity index (χ0v) is 9.46. The molecular weight excluding hydrogens is 228 g/mol. The Morgan fingerprint density at radius 2 is 2.19 bits per heavy atom. The molecule has 0 saturated carbocycles. The first kappa shape index (κ1) is 11.1. The third-order valence-corrected chi connectivity index (χ3v) is 2.62. The number of hydrogen-bond acceptors (Lipinski definition) is 4. The van der Waals surface area contributed by atoms with Gasteiger partial charge in [0.2, 0.25) is 0 Å². The van der Waals surface area contributed by atoms with Crippen molar-refractivity contribution in [2.24, 2.45) is 0 Å². The Morgan fingerprint density at radius 3 is 2.81 bits per heavy atom. The summed E-state index contributed by atoms with van der Waals surface area (Å²) in [6.45, 7) is 2.68. The second-order valence-electron chi connectivity index (χ2n) is 3.34. The highest BCUT2D eigenvalue weighted by Gasteiger charge is 2.17. The minimum absolute atomic E-state index is 0.260. The van der Waals surface area contributed by atoms with Gasteiger partial charge in [0.25, 0.3) is 5.91 Å². The van der Waals surface area contributed by atoms with E-state index in [0.29, 0.717) is 31.4 Å². The lowest BCUT2D eigenvalue weighted by Crippen LogP contribution is -2.47. The van der Waals surface area contributed by atoms with Gasteiger partial charge < -0.3 is 14.1 Å². The van der Waals surface area contributed by atoms with Gasteiger partial charge in [-0.3, -0.25) is 10.1 Å². The van der Waals surface area contributed by atoms with Gasteiger partial charge in [-0.15, -0.1) is 0 Å². The molecular formula is C10H12N2O3S. The van der Waals surface area contributed by atoms with Crippen LogP contribution < -0.4 is 5.32 Å². The topological polar surface area (TPSA) is 54.7 Å². The monoisotopic (exact) mass is 240 g/mol. The molecule has 0 spiro atoms. The van der Waals surface area contributed by atoms with Crippen LogP contribution in [0.2, 0.25) is 0 Å². The minimum atomic E-state index is -0.318. The predicted octanol–water partition coefficient (Wildman–Crippen LogP) is 0.626. The minimum Gasteiger partial charge on any atom is -0.459 e. The molecule has 1 N–H and O–H groups in total. The van der Waals surface area contributed by atoms with Gasteiger partial charge in [-0.25, -0.2) is 0 Å². The molecule has 6 heteroatoms. The van der Waals surface area contributed by atoms with Crippen molar-refractivity contribution in [1.29, 1.82) is 0 Å². The van der Waals surface area contributed by atoms with Crippen molar-refractivity contribution in [2.75, 3.05) is 26.3 Å². The molecule has 2 rings (SSSR count). The number of amides is 1. The molecule has 0 aliphatic carbocycles. The summed E-state index contributed by atoms with van der Waals surface area (Å²) in [6, 6.07) is 3.25. The summed E-state index contributed by atoms with van der Waals surface area (Å²) in [5.41, 5.74) is 0. The summed E-state index contributed by atoms with van der Waals surface area (Å²) in [5, 5.41) is 3.04. The molecule has 0 bridgehead atoms. The lowest BCUT2D eigenvalue weighted by atomic mass is 10.4. The fraction of sp³-hybridized carbons (Fsp3) is 0.400. The first-order chi connectivity index (χ1) is 7.77. The van der Waals surface area contributed by atoms with Gasteiger partial charge in [-0.2, -0.15) is 0 Å². The van der Waals surface area contributed by atoms with E-state index in [-0.39, 0.29) is 11.7 Å². The average Bonchev–Trinajstić information content (AvgIpc) is 2.83. The summed E-state index contributed by atoms with van der Waals surface area (Å²) in [4.78, 5) is 13.5. The number of ether oxygens (including phenoxy) is 1. The van der Waals surface area contributed by atoms with Gasteiger partial charge in [-0.1, -0.05) is 0 Å². The van der Waals surface area contributed by atoms with Crippen LogP contribution in [0.25, 0.3) is 0 Å². The quantitative estimate of drug-likeness (QED) is 0.730. The fourth-order valence-electron chi connectivity index (χ4n) is 1.41. The van der Waals surface area contributed by atoms with Gasteiger partial charge in [0.15, 0.2) is 10.9 Å². The SMILES string of the molecule is O=C(NC(=S)N1CCOCC1)c1ccco1. The third-order valence-electron chi connectivity index (χ3n) is 2.26. The molecule has 1 fully saturated rings. The highest BCUT2D eigenvalue weighted by molar-refractivity contribution is 7.80. The molecule has 2 heterocycles. The van der Waals surface area contributed by atoms with Crippen LogP contribution in [0.5, 0.6) is 0 Å². The van der Waals surface area contributed by atoms with Crippen molar-refractivity contribution in [3.8, 4) is 0 Å². The number of hydrogen-bond donors (Lipinski definition) is 1. The first-order valence-corrected chi connectivity index (χ1v) is 5.40. The molecule has 1 aromatic heterocycles. The summed E-state index contributed by atoms with van der Waals surface area (Å²) in [7, 11) is 0. The van der Waals surface area contributed by atoms with Gasteiger partial charge in [0.05, 0.1) is 19.5 Å². The van der Waals surface area contributed by atoms with E-state index in [4.69, 9.17) is 21.4 Å². The Bertz CT molecular complexity index is 371. The summed E-state index contributed by atoms with van der Waals surface area (Å²) < 4.78 is 10.2. The van der Waals surface area contributed by atoms with Gasteiger partial charge in [-0.05, 0) is 24.4 Å². The fourth-order valence-corrected chi connectivity index (χ4v) is 1.69. The van der Waals surface area contributed by atoms with Crippen LogP contribution in [0, 0.1) is 0 Å². The van der Waals surface area contributed by atoms with E-state index < -0.39 is 0 Å². The largest absolute Gasteiger partial charge is 0.459 e. The van der Waals surface area contributed by atoms with Crippen molar-refractivity contribution in [1.82, 2.24) is 10.2 Å². The third kappa shape index (κ3) is 2.59. The van der Waals surface area contributed by atoms with Crippen molar-refractivity contribution in [3.05, 3.63) is 24.2 Å². The molecule has 0 atom stereocenters. The van der Waals surface area contributed by atoms with Crippen molar-refractivity contribution in [2.45, 2.75) is 0 Å². The highest BCUT2D eigenvalue weighted by Crippen LogP contribution is 2.01. The van der Waals surface area contributed by atoms with Gasteiger partial charge in [0.1, 0.15) is 0 Å². The van der Waals surface area contributed by atoms with Crippen molar-refractivity contribution < 1.29 is 13.9 Å². The Balaban J connectivity index is 1.89. The zero-order valence-electron chi connectivity index (χ0n) is 8.64. The lowest BCUT2D eigenvalue weighted by molar-refractivity contribution is 0.0667. The number of nitrogens with one attached hydrogen (secondary N) is 1. The zero-order chi connectivity index (χ0) is 11.4. The maximum Gasteiger partial charge on any atom is 0.293 e. The van der Waals surface area contributed by atoms with E-state index in [1.807, 2.05) is 4.90 Å². The number of carbonyl (C=O) groups excluding carboxylic acids is 1. The van der Waals surface area contributed by atoms with Crippen LogP contribution in [-0.4, -0.2) is 42.2 Å². The summed E-state index contributed by atoms with van der Waals surface area (Å²) >= 11 is 5.12. The molecule has 0 unspecified atom stereocenters. The Kier molecular flexibility index (Phi) is 3.53. The second kappa shape index (κ2) is 5.09.